The number of aromatic hydroxyl groups is 3. The van der Waals surface area contributed by atoms with Crippen molar-refractivity contribution in [3.8, 4) is 17.2 Å². The number of anilines is 3. The molecule has 36 nitrogen and oxygen atoms in total. The molecule has 9 aliphatic rings. The highest BCUT2D eigenvalue weighted by atomic mass is 32.1. The largest absolute Gasteiger partial charge is 0.508 e. The van der Waals surface area contributed by atoms with E-state index in [1.54, 1.807) is 136 Å². The molecule has 0 aliphatic heterocycles. The van der Waals surface area contributed by atoms with E-state index >= 15 is 0 Å². The lowest BCUT2D eigenvalue weighted by molar-refractivity contribution is -0.155. The maximum absolute atomic E-state index is 14.0. The van der Waals surface area contributed by atoms with E-state index in [4.69, 9.17) is 40.3 Å². The first-order valence-electron chi connectivity index (χ1n) is 38.2. The molecule has 23 N–H and O–H groups in total. The number of hydrogen-bond donors (Lipinski definition) is 19. The second kappa shape index (κ2) is 33.2. The van der Waals surface area contributed by atoms with E-state index in [9.17, 15) is 114 Å². The number of thiocarbonyl (C=S) groups is 1. The Morgan fingerprint density at radius 2 is 0.790 bits per heavy atom. The topological polar surface area (TPSA) is 585 Å². The van der Waals surface area contributed by atoms with Gasteiger partial charge in [0.1, 0.15) is 75.2 Å². The first-order chi connectivity index (χ1) is 55.4. The van der Waals surface area contributed by atoms with Gasteiger partial charge in [-0.05, 0) is 173 Å². The van der Waals surface area contributed by atoms with Crippen LogP contribution in [-0.4, -0.2) is 295 Å². The molecule has 0 aromatic heterocycles. The summed E-state index contributed by atoms with van der Waals surface area (Å²) in [5.74, 6) is -21.7. The van der Waals surface area contributed by atoms with Gasteiger partial charge in [0.05, 0.1) is 34.8 Å². The van der Waals surface area contributed by atoms with E-state index in [1.165, 1.54) is 14.7 Å². The number of phenolic OH excluding ortho intramolecular Hbond substituents is 3. The Balaban J connectivity index is 0.000000188. The average molecular weight is 1680 g/mol. The highest BCUT2D eigenvalue weighted by molar-refractivity contribution is 7.80. The van der Waals surface area contributed by atoms with Crippen LogP contribution in [0.3, 0.4) is 0 Å². The quantitative estimate of drug-likeness (QED) is 0.0384. The third-order valence-electron chi connectivity index (χ3n) is 24.7. The molecule has 119 heavy (non-hydrogen) atoms. The van der Waals surface area contributed by atoms with Gasteiger partial charge in [-0.15, -0.1) is 0 Å². The Labute approximate surface area is 689 Å². The summed E-state index contributed by atoms with van der Waals surface area (Å²) < 4.78 is 13.3. The lowest BCUT2D eigenvalue weighted by Crippen LogP contribution is -2.65. The van der Waals surface area contributed by atoms with Gasteiger partial charge in [-0.25, -0.2) is 4.39 Å². The van der Waals surface area contributed by atoms with Crippen LogP contribution in [0.1, 0.15) is 89.1 Å². The van der Waals surface area contributed by atoms with Gasteiger partial charge in [0.15, 0.2) is 39.3 Å². The van der Waals surface area contributed by atoms with Crippen molar-refractivity contribution < 1.29 is 119 Å². The Kier molecular flexibility index (Phi) is 25.2. The Morgan fingerprint density at radius 1 is 0.496 bits per heavy atom. The number of aliphatic hydroxyl groups is 9. The standard InChI is InChI=1S/C28H37FN4O7.C28H36N4O9.C25H31N5O7S/c1-12(10-29)33(6)11-14-9-17(31(2)3)15-7-13-8-16-21(32(4)5)24(36)20(27(30)39)26(38)28(16,40)25(37)18(13)23(35)19(15)22(14)34;1-31(2)16-10-13(11-30-7-5-6-17(33)34)22(35)19-14(16)8-12-9-15-21(32(3)4)24(37)20(27(29)40)26(39)28(15,41)25(38)18(12)23(19)36;1-29(2)13-7-10(8-28-24(27)38)18(31)15-11(13)5-9-6-12-17(30(3)4)20(33)16(23(26)36)22(35)25(12,37)21(34)14(9)19(15)32/h9,12-13,16,21,34-35,38,40H,7-8,10-11H2,1-6H3,(H2,30,39);10,12,15,21,30,35-36,39,41H,5-9,11H2,1-4H3,(H2,29,40)(H,33,34);7,9,12,17,31-32,35,37H,5-6,8H2,1-4H3,(H2,26,36)(H3,27,28,38)/t12?,13-,16-,21-,28-;12-,15-,21-,28-;9-,12-,17-,25-/m000/s1. The third-order valence-corrected chi connectivity index (χ3v) is 24.8. The van der Waals surface area contributed by atoms with Gasteiger partial charge in [0.2, 0.25) is 17.3 Å². The summed E-state index contributed by atoms with van der Waals surface area (Å²) in [4.78, 5) is 140. The number of Topliss-reactive ketones (excluding diaryl/α,β-unsaturated/α-hetero) is 6. The highest BCUT2D eigenvalue weighted by Gasteiger charge is 2.68. The molecule has 0 heterocycles. The number of amides is 3. The van der Waals surface area contributed by atoms with Gasteiger partial charge in [-0.3, -0.25) is 67.5 Å². The minimum atomic E-state index is -2.70. The summed E-state index contributed by atoms with van der Waals surface area (Å²) in [5.41, 5.74) is 15.2. The molecule has 3 aromatic rings. The van der Waals surface area contributed by atoms with E-state index in [-0.39, 0.29) is 120 Å². The van der Waals surface area contributed by atoms with Gasteiger partial charge in [-0.2, -0.15) is 0 Å². The molecule has 3 fully saturated rings. The normalized spacial score (nSPS) is 26.5. The minimum Gasteiger partial charge on any atom is -0.508 e. The number of nitrogens with one attached hydrogen (secondary N) is 2. The number of aliphatic hydroxyl groups excluding tert-OH is 6. The van der Waals surface area contributed by atoms with Crippen LogP contribution in [0.4, 0.5) is 21.5 Å². The zero-order valence-corrected chi connectivity index (χ0v) is 69.1. The van der Waals surface area contributed by atoms with Gasteiger partial charge in [-0.1, -0.05) is 0 Å². The fraction of sp³-hybridized carbons (Fsp3) is 0.494. The molecule has 0 saturated heterocycles. The number of primary amides is 3. The average Bonchev–Trinajstić information content (AvgIpc) is 0.706. The monoisotopic (exact) mass is 1680 g/mol. The van der Waals surface area contributed by atoms with E-state index in [0.717, 1.165) is 0 Å². The molecule has 3 saturated carbocycles. The minimum absolute atomic E-state index is 0.00157. The number of rotatable bonds is 21. The Hall–Kier alpha value is -11.1. The van der Waals surface area contributed by atoms with Gasteiger partial charge < -0.3 is 115 Å². The van der Waals surface area contributed by atoms with Crippen LogP contribution in [0.25, 0.3) is 17.3 Å². The van der Waals surface area contributed by atoms with Crippen molar-refractivity contribution in [3.05, 3.63) is 119 Å². The van der Waals surface area contributed by atoms with Crippen molar-refractivity contribution in [2.45, 2.75) is 119 Å². The van der Waals surface area contributed by atoms with Crippen LogP contribution in [0.2, 0.25) is 0 Å². The predicted octanol–water partition coefficient (Wildman–Crippen LogP) is 0.167. The van der Waals surface area contributed by atoms with E-state index in [1.807, 2.05) is 0 Å². The molecule has 9 aliphatic carbocycles. The number of carboxylic acids is 1. The van der Waals surface area contributed by atoms with Crippen LogP contribution in [0.15, 0.2) is 68.9 Å². The van der Waals surface area contributed by atoms with Crippen molar-refractivity contribution in [3.63, 3.8) is 0 Å². The van der Waals surface area contributed by atoms with Crippen LogP contribution in [0.5, 0.6) is 17.2 Å². The summed E-state index contributed by atoms with van der Waals surface area (Å²) in [6.45, 7) is 1.79. The molecule has 644 valence electrons. The van der Waals surface area contributed by atoms with Crippen molar-refractivity contribution in [1.82, 2.24) is 30.2 Å². The summed E-state index contributed by atoms with van der Waals surface area (Å²) in [6, 6.07) is 1.36. The summed E-state index contributed by atoms with van der Waals surface area (Å²) in [7, 11) is 21.7. The Bertz CT molecular complexity index is 5080. The fourth-order valence-electron chi connectivity index (χ4n) is 18.9. The molecular formula is C81H104FN13O23S. The lowest BCUT2D eigenvalue weighted by Gasteiger charge is -2.50. The number of phenols is 3. The number of likely N-dealkylation sites (N-methyl/N-ethyl adjacent to an activating group) is 3. The number of hydrogen-bond acceptors (Lipinski definition) is 31. The van der Waals surface area contributed by atoms with Gasteiger partial charge in [0.25, 0.3) is 17.7 Å². The summed E-state index contributed by atoms with van der Waals surface area (Å²) in [6.07, 6.45) is 0.945. The SMILES string of the molecule is CC(CF)N(C)Cc1cc(N(C)C)c2c(c1O)C(O)=C1C(=O)[C@]3(O)C(O)=C(C(N)=O)C(=O)[C@@H](N(C)C)[C@@H]3C[C@@H]1C2.CN(C)c1cc(CNC(N)=S)c(O)c2c1C[C@H]1C[C@H]3[C@H](N(C)C)C(=O)C(C(N)=O)=C(O)[C@@]3(O)C(=O)C1=C2O.CN(C)c1cc(CNCCCC(=O)O)c(O)c2c1C[C@H]1C[C@H]3[C@H](N(C)C)C(=O)C(C(N)=O)=C(O)[C@@]3(O)C(=O)C1=C2O. The van der Waals surface area contributed by atoms with Gasteiger partial charge in [0, 0.05) is 143 Å². The molecule has 3 amide bonds. The van der Waals surface area contributed by atoms with Crippen molar-refractivity contribution >= 4 is 110 Å². The number of aliphatic carboxylic acids is 1. The second-order valence-corrected chi connectivity index (χ2v) is 33.6. The molecule has 0 spiro atoms. The van der Waals surface area contributed by atoms with E-state index in [0.29, 0.717) is 63.4 Å². The number of fused-ring (bicyclic) bond motifs is 9. The number of nitrogens with two attached hydrogens (primary N) is 4. The molecule has 12 rings (SSSR count). The molecule has 0 bridgehead atoms. The number of carboxylic acid groups (broad SMARTS) is 1. The predicted molar refractivity (Wildman–Crippen MR) is 435 cm³/mol. The third kappa shape index (κ3) is 14.8. The first-order valence-corrected chi connectivity index (χ1v) is 38.6. The van der Waals surface area contributed by atoms with Crippen molar-refractivity contribution in [1.29, 1.82) is 0 Å². The molecule has 13 atom stereocenters. The van der Waals surface area contributed by atoms with Crippen LogP contribution >= 0.6 is 12.2 Å². The number of nitrogens with zero attached hydrogens (tertiary/aromatic N) is 7. The zero-order valence-electron chi connectivity index (χ0n) is 68.3. The number of ketones is 6. The lowest BCUT2D eigenvalue weighted by atomic mass is 9.57. The molecule has 1 unspecified atom stereocenters. The van der Waals surface area contributed by atoms with Crippen molar-refractivity contribution in [2.24, 2.45) is 58.4 Å². The maximum atomic E-state index is 14.0. The molecule has 3 aromatic carbocycles. The number of halogens is 1. The van der Waals surface area contributed by atoms with Crippen LogP contribution in [-0.2, 0) is 86.8 Å². The number of alkyl halides is 1. The molecule has 0 radical (unpaired) electrons. The van der Waals surface area contributed by atoms with Crippen LogP contribution < -0.4 is 48.3 Å². The fourth-order valence-corrected chi connectivity index (χ4v) is 19.0. The number of benzene rings is 3. The van der Waals surface area contributed by atoms with Crippen molar-refractivity contribution in [2.75, 3.05) is 120 Å². The molecule has 38 heteroatoms. The van der Waals surface area contributed by atoms with Gasteiger partial charge >= 0.3 is 5.97 Å². The zero-order chi connectivity index (χ0) is 89.0. The number of carbonyl (C=O) groups is 10. The number of carbonyl (C=O) groups excluding carboxylic acids is 9. The first kappa shape index (κ1) is 90.2. The molecular weight excluding hydrogens is 1570 g/mol. The summed E-state index contributed by atoms with van der Waals surface area (Å²) >= 11 is 4.85. The van der Waals surface area contributed by atoms with E-state index in [2.05, 4.69) is 10.6 Å². The van der Waals surface area contributed by atoms with E-state index < -0.39 is 193 Å². The maximum Gasteiger partial charge on any atom is 0.303 e. The smallest absolute Gasteiger partial charge is 0.303 e. The second-order valence-electron chi connectivity index (χ2n) is 33.1. The highest BCUT2D eigenvalue weighted by Crippen LogP contribution is 2.59. The summed E-state index contributed by atoms with van der Waals surface area (Å²) in [5, 5.41) is 151. The van der Waals surface area contributed by atoms with Crippen LogP contribution in [0, 0.1) is 35.5 Å². The Morgan fingerprint density at radius 3 is 1.06 bits per heavy atom.